The van der Waals surface area contributed by atoms with Gasteiger partial charge in [-0.05, 0) is 25.3 Å². The minimum atomic E-state index is -0.474. The first-order chi connectivity index (χ1) is 10.3. The quantitative estimate of drug-likeness (QED) is 0.863. The molecule has 1 aliphatic heterocycles. The Balaban J connectivity index is 1.79. The monoisotopic (exact) mass is 287 g/mol. The number of nitrogens with one attached hydrogen (secondary N) is 1. The van der Waals surface area contributed by atoms with Crippen LogP contribution in [0.5, 0.6) is 0 Å². The molecule has 0 spiro atoms. The lowest BCUT2D eigenvalue weighted by Crippen LogP contribution is -2.52. The van der Waals surface area contributed by atoms with Crippen molar-refractivity contribution < 1.29 is 9.53 Å². The summed E-state index contributed by atoms with van der Waals surface area (Å²) < 4.78 is 5.46. The van der Waals surface area contributed by atoms with Crippen molar-refractivity contribution in [3.63, 3.8) is 0 Å². The van der Waals surface area contributed by atoms with Crippen molar-refractivity contribution in [3.05, 3.63) is 36.4 Å². The molecule has 3 rings (SSSR count). The van der Waals surface area contributed by atoms with Gasteiger partial charge in [0.15, 0.2) is 5.82 Å². The molecule has 1 atom stereocenters. The zero-order chi connectivity index (χ0) is 14.5. The number of carbonyl (C=O) groups excluding carboxylic acids is 1. The summed E-state index contributed by atoms with van der Waals surface area (Å²) in [6, 6.07) is 1.80. The first kappa shape index (κ1) is 14.2. The lowest BCUT2D eigenvalue weighted by molar-refractivity contribution is -0.129. The predicted octanol–water partition coefficient (Wildman–Crippen LogP) is 1.95. The number of amides is 1. The molecule has 0 radical (unpaired) electrons. The number of nitrogens with zero attached hydrogens (tertiary/aromatic N) is 2. The minimum absolute atomic E-state index is 0.0680. The summed E-state index contributed by atoms with van der Waals surface area (Å²) >= 11 is 0. The standard InChI is InChI=1S/C16H21N3O2/c20-14(13-5-2-1-3-6-13)19-16(7-11-21-12-8-16)15-17-9-4-10-18-15/h1-2,4,9-10,13H,3,5-8,11-12H2,(H,19,20). The first-order valence-corrected chi connectivity index (χ1v) is 7.62. The van der Waals surface area contributed by atoms with Gasteiger partial charge in [0.1, 0.15) is 5.54 Å². The van der Waals surface area contributed by atoms with Gasteiger partial charge in [0.05, 0.1) is 0 Å². The van der Waals surface area contributed by atoms with E-state index in [1.165, 1.54) is 0 Å². The second-order valence-electron chi connectivity index (χ2n) is 5.74. The Morgan fingerprint density at radius 1 is 1.24 bits per heavy atom. The minimum Gasteiger partial charge on any atom is -0.381 e. The molecule has 0 bridgehead atoms. The summed E-state index contributed by atoms with van der Waals surface area (Å²) in [5.74, 6) is 0.889. The number of rotatable bonds is 3. The Hall–Kier alpha value is -1.75. The Kier molecular flexibility index (Phi) is 4.29. The van der Waals surface area contributed by atoms with Crippen LogP contribution in [0, 0.1) is 5.92 Å². The topological polar surface area (TPSA) is 64.1 Å². The molecule has 1 fully saturated rings. The van der Waals surface area contributed by atoms with Crippen LogP contribution in [0.3, 0.4) is 0 Å². The smallest absolute Gasteiger partial charge is 0.224 e. The van der Waals surface area contributed by atoms with Crippen LogP contribution >= 0.6 is 0 Å². The molecule has 5 heteroatoms. The van der Waals surface area contributed by atoms with Gasteiger partial charge in [-0.3, -0.25) is 4.79 Å². The Morgan fingerprint density at radius 3 is 2.67 bits per heavy atom. The number of ether oxygens (including phenoxy) is 1. The van der Waals surface area contributed by atoms with Gasteiger partial charge in [0.2, 0.25) is 5.91 Å². The molecule has 1 unspecified atom stereocenters. The summed E-state index contributed by atoms with van der Waals surface area (Å²) in [4.78, 5) is 21.4. The van der Waals surface area contributed by atoms with Crippen LogP contribution in [0.15, 0.2) is 30.6 Å². The van der Waals surface area contributed by atoms with Crippen molar-refractivity contribution in [1.29, 1.82) is 0 Å². The maximum atomic E-state index is 12.6. The normalized spacial score (nSPS) is 24.5. The summed E-state index contributed by atoms with van der Waals surface area (Å²) in [5, 5.41) is 3.24. The molecule has 1 aromatic heterocycles. The van der Waals surface area contributed by atoms with Crippen LogP contribution < -0.4 is 5.32 Å². The van der Waals surface area contributed by atoms with E-state index in [4.69, 9.17) is 4.74 Å². The van der Waals surface area contributed by atoms with Crippen molar-refractivity contribution in [2.45, 2.75) is 37.6 Å². The molecule has 0 saturated carbocycles. The number of hydrogen-bond donors (Lipinski definition) is 1. The van der Waals surface area contributed by atoms with E-state index in [1.54, 1.807) is 18.5 Å². The number of hydrogen-bond acceptors (Lipinski definition) is 4. The van der Waals surface area contributed by atoms with Crippen LogP contribution in [-0.4, -0.2) is 29.1 Å². The maximum absolute atomic E-state index is 12.6. The average Bonchev–Trinajstić information content (AvgIpc) is 2.57. The molecule has 2 heterocycles. The van der Waals surface area contributed by atoms with E-state index >= 15 is 0 Å². The largest absolute Gasteiger partial charge is 0.381 e. The lowest BCUT2D eigenvalue weighted by atomic mass is 9.86. The SMILES string of the molecule is O=C(NC1(c2ncccn2)CCOCC1)C1CC=CCC1. The fourth-order valence-electron chi connectivity index (χ4n) is 3.04. The highest BCUT2D eigenvalue weighted by atomic mass is 16.5. The van der Waals surface area contributed by atoms with Crippen LogP contribution in [0.1, 0.15) is 37.9 Å². The van der Waals surface area contributed by atoms with Crippen LogP contribution in [0.2, 0.25) is 0 Å². The van der Waals surface area contributed by atoms with Gasteiger partial charge in [-0.25, -0.2) is 9.97 Å². The van der Waals surface area contributed by atoms with Crippen LogP contribution in [0.4, 0.5) is 0 Å². The highest BCUT2D eigenvalue weighted by molar-refractivity contribution is 5.80. The van der Waals surface area contributed by atoms with E-state index in [2.05, 4.69) is 27.4 Å². The molecule has 1 aliphatic carbocycles. The zero-order valence-electron chi connectivity index (χ0n) is 12.1. The fourth-order valence-corrected chi connectivity index (χ4v) is 3.04. The molecular weight excluding hydrogens is 266 g/mol. The molecule has 1 saturated heterocycles. The van der Waals surface area contributed by atoms with Gasteiger partial charge >= 0.3 is 0 Å². The molecular formula is C16H21N3O2. The number of carbonyl (C=O) groups is 1. The molecule has 1 aromatic rings. The fraction of sp³-hybridized carbons (Fsp3) is 0.562. The Bertz CT molecular complexity index is 510. The van der Waals surface area contributed by atoms with Gasteiger partial charge in [-0.2, -0.15) is 0 Å². The van der Waals surface area contributed by atoms with Crippen molar-refractivity contribution in [2.75, 3.05) is 13.2 Å². The number of aromatic nitrogens is 2. The predicted molar refractivity (Wildman–Crippen MR) is 78.4 cm³/mol. The van der Waals surface area contributed by atoms with Gasteiger partial charge in [-0.15, -0.1) is 0 Å². The number of allylic oxidation sites excluding steroid dienone is 2. The van der Waals surface area contributed by atoms with Crippen molar-refractivity contribution in [1.82, 2.24) is 15.3 Å². The second-order valence-corrected chi connectivity index (χ2v) is 5.74. The van der Waals surface area contributed by atoms with E-state index in [-0.39, 0.29) is 11.8 Å². The third-order valence-corrected chi connectivity index (χ3v) is 4.34. The van der Waals surface area contributed by atoms with E-state index in [9.17, 15) is 4.79 Å². The van der Waals surface area contributed by atoms with E-state index in [1.807, 2.05) is 0 Å². The first-order valence-electron chi connectivity index (χ1n) is 7.62. The summed E-state index contributed by atoms with van der Waals surface area (Å²) in [6.07, 6.45) is 11.9. The van der Waals surface area contributed by atoms with Crippen molar-refractivity contribution >= 4 is 5.91 Å². The van der Waals surface area contributed by atoms with Crippen molar-refractivity contribution in [3.8, 4) is 0 Å². The Morgan fingerprint density at radius 2 is 2.00 bits per heavy atom. The van der Waals surface area contributed by atoms with Gasteiger partial charge in [-0.1, -0.05) is 12.2 Å². The average molecular weight is 287 g/mol. The van der Waals surface area contributed by atoms with E-state index in [0.29, 0.717) is 19.0 Å². The van der Waals surface area contributed by atoms with Gasteiger partial charge in [0, 0.05) is 44.4 Å². The molecule has 21 heavy (non-hydrogen) atoms. The summed E-state index contributed by atoms with van der Waals surface area (Å²) in [6.45, 7) is 1.26. The maximum Gasteiger partial charge on any atom is 0.224 e. The third-order valence-electron chi connectivity index (χ3n) is 4.34. The molecule has 5 nitrogen and oxygen atoms in total. The lowest BCUT2D eigenvalue weighted by Gasteiger charge is -2.37. The molecule has 1 N–H and O–H groups in total. The third kappa shape index (κ3) is 3.13. The van der Waals surface area contributed by atoms with Crippen molar-refractivity contribution in [2.24, 2.45) is 5.92 Å². The zero-order valence-corrected chi connectivity index (χ0v) is 12.1. The second kappa shape index (κ2) is 6.35. The highest BCUT2D eigenvalue weighted by Crippen LogP contribution is 2.31. The highest BCUT2D eigenvalue weighted by Gasteiger charge is 2.39. The molecule has 1 amide bonds. The van der Waals surface area contributed by atoms with Gasteiger partial charge in [0.25, 0.3) is 0 Å². The van der Waals surface area contributed by atoms with Crippen LogP contribution in [0.25, 0.3) is 0 Å². The van der Waals surface area contributed by atoms with Crippen LogP contribution in [-0.2, 0) is 15.1 Å². The Labute approximate surface area is 124 Å². The molecule has 2 aliphatic rings. The van der Waals surface area contributed by atoms with E-state index in [0.717, 1.165) is 32.1 Å². The van der Waals surface area contributed by atoms with E-state index < -0.39 is 5.54 Å². The summed E-state index contributed by atoms with van der Waals surface area (Å²) in [7, 11) is 0. The van der Waals surface area contributed by atoms with Gasteiger partial charge < -0.3 is 10.1 Å². The molecule has 112 valence electrons. The summed E-state index contributed by atoms with van der Waals surface area (Å²) in [5.41, 5.74) is -0.474. The molecule has 0 aromatic carbocycles.